The van der Waals surface area contributed by atoms with Crippen molar-refractivity contribution in [2.24, 2.45) is 0 Å². The molecule has 3 rings (SSSR count). The van der Waals surface area contributed by atoms with Crippen molar-refractivity contribution in [2.75, 3.05) is 18.0 Å². The van der Waals surface area contributed by atoms with Crippen LogP contribution in [-0.2, 0) is 0 Å². The summed E-state index contributed by atoms with van der Waals surface area (Å²) in [5, 5.41) is 4.54. The molecule has 2 nitrogen and oxygen atoms in total. The monoisotopic (exact) mass is 330 g/mol. The first-order chi connectivity index (χ1) is 10.0. The third-order valence-electron chi connectivity index (χ3n) is 4.86. The summed E-state index contributed by atoms with van der Waals surface area (Å²) < 4.78 is 13.4. The summed E-state index contributed by atoms with van der Waals surface area (Å²) in [6, 6.07) is 2.99. The Morgan fingerprint density at radius 2 is 1.81 bits per heavy atom. The van der Waals surface area contributed by atoms with Crippen LogP contribution in [-0.4, -0.2) is 24.7 Å². The second-order valence-electron chi connectivity index (χ2n) is 6.42. The number of halogens is 3. The first-order valence-corrected chi connectivity index (χ1v) is 8.43. The van der Waals surface area contributed by atoms with E-state index >= 15 is 0 Å². The molecular weight excluding hydrogens is 310 g/mol. The van der Waals surface area contributed by atoms with Gasteiger partial charge in [-0.3, -0.25) is 0 Å². The zero-order valence-electron chi connectivity index (χ0n) is 12.3. The van der Waals surface area contributed by atoms with Crippen molar-refractivity contribution in [2.45, 2.75) is 50.6 Å². The van der Waals surface area contributed by atoms with E-state index in [9.17, 15) is 4.39 Å². The fraction of sp³-hybridized carbons (Fsp3) is 0.625. The number of benzene rings is 1. The van der Waals surface area contributed by atoms with Crippen molar-refractivity contribution in [3.63, 3.8) is 0 Å². The molecule has 1 atom stereocenters. The molecule has 0 amide bonds. The SMILES string of the molecule is CC1CNC2(CCCCC2)CN1c1c(Cl)cc(F)cc1Cl. The van der Waals surface area contributed by atoms with E-state index in [-0.39, 0.29) is 17.4 Å². The first-order valence-electron chi connectivity index (χ1n) is 7.67. The quantitative estimate of drug-likeness (QED) is 0.807. The van der Waals surface area contributed by atoms with Crippen LogP contribution in [0.2, 0.25) is 10.0 Å². The summed E-state index contributed by atoms with van der Waals surface area (Å²) >= 11 is 12.5. The van der Waals surface area contributed by atoms with Gasteiger partial charge in [-0.1, -0.05) is 42.5 Å². The molecule has 1 aliphatic heterocycles. The van der Waals surface area contributed by atoms with Crippen molar-refractivity contribution in [3.8, 4) is 0 Å². The third-order valence-corrected chi connectivity index (χ3v) is 5.43. The maximum atomic E-state index is 13.4. The van der Waals surface area contributed by atoms with Gasteiger partial charge in [0.05, 0.1) is 15.7 Å². The Morgan fingerprint density at radius 3 is 2.43 bits per heavy atom. The van der Waals surface area contributed by atoms with Crippen LogP contribution in [0.1, 0.15) is 39.0 Å². The Kier molecular flexibility index (Phi) is 4.35. The highest BCUT2D eigenvalue weighted by Gasteiger charge is 2.39. The molecule has 2 fully saturated rings. The molecule has 2 aliphatic rings. The van der Waals surface area contributed by atoms with E-state index in [4.69, 9.17) is 23.2 Å². The summed E-state index contributed by atoms with van der Waals surface area (Å²) in [7, 11) is 0. The molecule has 1 aromatic carbocycles. The Bertz CT molecular complexity index is 506. The number of piperazine rings is 1. The average molecular weight is 331 g/mol. The van der Waals surface area contributed by atoms with Crippen molar-refractivity contribution in [1.82, 2.24) is 5.32 Å². The minimum Gasteiger partial charge on any atom is -0.363 e. The Balaban J connectivity index is 1.92. The zero-order valence-corrected chi connectivity index (χ0v) is 13.8. The number of hydrogen-bond acceptors (Lipinski definition) is 2. The van der Waals surface area contributed by atoms with E-state index < -0.39 is 0 Å². The first kappa shape index (κ1) is 15.4. The fourth-order valence-electron chi connectivity index (χ4n) is 3.68. The van der Waals surface area contributed by atoms with Gasteiger partial charge in [-0.2, -0.15) is 0 Å². The van der Waals surface area contributed by atoms with Gasteiger partial charge in [0.25, 0.3) is 0 Å². The molecule has 1 saturated carbocycles. The second-order valence-corrected chi connectivity index (χ2v) is 7.23. The van der Waals surface area contributed by atoms with Gasteiger partial charge in [-0.15, -0.1) is 0 Å². The highest BCUT2D eigenvalue weighted by molar-refractivity contribution is 6.39. The van der Waals surface area contributed by atoms with Crippen molar-refractivity contribution in [3.05, 3.63) is 28.0 Å². The predicted octanol–water partition coefficient (Wildman–Crippen LogP) is 4.63. The van der Waals surface area contributed by atoms with E-state index in [1.54, 1.807) is 0 Å². The van der Waals surface area contributed by atoms with E-state index in [1.165, 1.54) is 44.2 Å². The minimum atomic E-state index is -0.385. The summed E-state index contributed by atoms with van der Waals surface area (Å²) in [5.74, 6) is -0.385. The number of anilines is 1. The minimum absolute atomic E-state index is 0.159. The number of nitrogens with zero attached hydrogens (tertiary/aromatic N) is 1. The van der Waals surface area contributed by atoms with Gasteiger partial charge in [0.2, 0.25) is 0 Å². The topological polar surface area (TPSA) is 15.3 Å². The summed E-state index contributed by atoms with van der Waals surface area (Å²) in [5.41, 5.74) is 0.935. The Morgan fingerprint density at radius 1 is 1.19 bits per heavy atom. The molecule has 1 unspecified atom stereocenters. The van der Waals surface area contributed by atoms with Crippen LogP contribution in [0.25, 0.3) is 0 Å². The smallest absolute Gasteiger partial charge is 0.126 e. The van der Waals surface area contributed by atoms with E-state index in [2.05, 4.69) is 17.1 Å². The lowest BCUT2D eigenvalue weighted by Crippen LogP contribution is -2.64. The van der Waals surface area contributed by atoms with Crippen LogP contribution in [0, 0.1) is 5.82 Å². The Labute approximate surface area is 135 Å². The van der Waals surface area contributed by atoms with Crippen molar-refractivity contribution >= 4 is 28.9 Å². The maximum Gasteiger partial charge on any atom is 0.126 e. The third kappa shape index (κ3) is 3.01. The molecule has 1 aromatic rings. The highest BCUT2D eigenvalue weighted by atomic mass is 35.5. The molecule has 1 heterocycles. The van der Waals surface area contributed by atoms with Gasteiger partial charge in [0.1, 0.15) is 5.82 Å². The molecule has 0 radical (unpaired) electrons. The van der Waals surface area contributed by atoms with Crippen LogP contribution in [0.4, 0.5) is 10.1 Å². The van der Waals surface area contributed by atoms with Gasteiger partial charge >= 0.3 is 0 Å². The number of nitrogens with one attached hydrogen (secondary N) is 1. The van der Waals surface area contributed by atoms with Crippen molar-refractivity contribution in [1.29, 1.82) is 0 Å². The van der Waals surface area contributed by atoms with Crippen LogP contribution >= 0.6 is 23.2 Å². The molecule has 1 saturated heterocycles. The van der Waals surface area contributed by atoms with Crippen LogP contribution in [0.3, 0.4) is 0 Å². The summed E-state index contributed by atoms with van der Waals surface area (Å²) in [6.45, 7) is 3.95. The lowest BCUT2D eigenvalue weighted by molar-refractivity contribution is 0.200. The molecule has 0 bridgehead atoms. The summed E-state index contributed by atoms with van der Waals surface area (Å²) in [4.78, 5) is 2.26. The van der Waals surface area contributed by atoms with Gasteiger partial charge in [-0.25, -0.2) is 4.39 Å². The molecule has 5 heteroatoms. The molecule has 1 N–H and O–H groups in total. The zero-order chi connectivity index (χ0) is 15.0. The largest absolute Gasteiger partial charge is 0.363 e. The number of rotatable bonds is 1. The predicted molar refractivity (Wildman–Crippen MR) is 87.0 cm³/mol. The van der Waals surface area contributed by atoms with E-state index in [0.717, 1.165) is 18.8 Å². The normalized spacial score (nSPS) is 25.3. The van der Waals surface area contributed by atoms with Crippen LogP contribution in [0.5, 0.6) is 0 Å². The highest BCUT2D eigenvalue weighted by Crippen LogP contribution is 2.40. The van der Waals surface area contributed by atoms with Crippen molar-refractivity contribution < 1.29 is 4.39 Å². The van der Waals surface area contributed by atoms with Crippen LogP contribution < -0.4 is 10.2 Å². The molecule has 1 spiro atoms. The van der Waals surface area contributed by atoms with Crippen LogP contribution in [0.15, 0.2) is 12.1 Å². The van der Waals surface area contributed by atoms with Gasteiger partial charge in [0, 0.05) is 24.7 Å². The maximum absolute atomic E-state index is 13.4. The lowest BCUT2D eigenvalue weighted by atomic mass is 9.79. The average Bonchev–Trinajstić information content (AvgIpc) is 2.43. The van der Waals surface area contributed by atoms with Gasteiger partial charge in [0.15, 0.2) is 0 Å². The molecule has 21 heavy (non-hydrogen) atoms. The Hall–Kier alpha value is -0.510. The number of hydrogen-bond donors (Lipinski definition) is 1. The van der Waals surface area contributed by atoms with Gasteiger partial charge in [-0.05, 0) is 31.9 Å². The standard InChI is InChI=1S/C16H21Cl2FN2/c1-11-9-20-16(5-3-2-4-6-16)10-21(11)15-13(17)7-12(19)8-14(15)18/h7-8,11,20H,2-6,9-10H2,1H3. The lowest BCUT2D eigenvalue weighted by Gasteiger charge is -2.50. The molecule has 1 aliphatic carbocycles. The molecular formula is C16H21Cl2FN2. The molecule has 116 valence electrons. The fourth-order valence-corrected chi connectivity index (χ4v) is 4.36. The van der Waals surface area contributed by atoms with Gasteiger partial charge < -0.3 is 10.2 Å². The molecule has 0 aromatic heterocycles. The summed E-state index contributed by atoms with van der Waals surface area (Å²) in [6.07, 6.45) is 6.22. The second kappa shape index (κ2) is 5.94. The van der Waals surface area contributed by atoms with E-state index in [0.29, 0.717) is 10.0 Å². The van der Waals surface area contributed by atoms with E-state index in [1.807, 2.05) is 0 Å².